The fraction of sp³-hybridized carbons (Fsp3) is 0.600. The molecule has 0 saturated carbocycles. The van der Waals surface area contributed by atoms with Crippen molar-refractivity contribution >= 4 is 11.7 Å². The molecule has 2 heterocycles. The van der Waals surface area contributed by atoms with Crippen molar-refractivity contribution in [2.45, 2.75) is 38.5 Å². The molecule has 2 saturated heterocycles. The van der Waals surface area contributed by atoms with E-state index >= 15 is 0 Å². The topological polar surface area (TPSA) is 40.6 Å². The van der Waals surface area contributed by atoms with Gasteiger partial charge < -0.3 is 9.80 Å². The molecule has 1 aromatic rings. The average Bonchev–Trinajstić information content (AvgIpc) is 2.62. The maximum atomic E-state index is 12.7. The van der Waals surface area contributed by atoms with Crippen molar-refractivity contribution < 1.29 is 9.59 Å². The third kappa shape index (κ3) is 3.86. The van der Waals surface area contributed by atoms with Gasteiger partial charge in [0.15, 0.2) is 5.78 Å². The van der Waals surface area contributed by atoms with Gasteiger partial charge in [-0.3, -0.25) is 9.59 Å². The zero-order chi connectivity index (χ0) is 17.1. The summed E-state index contributed by atoms with van der Waals surface area (Å²) in [7, 11) is 2.13. The highest BCUT2D eigenvalue weighted by molar-refractivity contribution is 5.94. The van der Waals surface area contributed by atoms with Crippen LogP contribution in [0.25, 0.3) is 0 Å². The molecule has 2 aliphatic heterocycles. The molecule has 4 heteroatoms. The largest absolute Gasteiger partial charge is 0.342 e. The quantitative estimate of drug-likeness (QED) is 0.801. The number of carbonyl (C=O) groups is 2. The SMILES string of the molecule is CC(=O)c1cccc(C2CCN(C(=O)C3CCN(C)CC3)CC2)c1. The highest BCUT2D eigenvalue weighted by Gasteiger charge is 2.30. The number of carbonyl (C=O) groups excluding carboxylic acids is 2. The molecule has 0 spiro atoms. The van der Waals surface area contributed by atoms with Crippen LogP contribution in [0.1, 0.15) is 54.4 Å². The number of hydrogen-bond donors (Lipinski definition) is 0. The summed E-state index contributed by atoms with van der Waals surface area (Å²) in [6.45, 7) is 5.37. The van der Waals surface area contributed by atoms with E-state index in [4.69, 9.17) is 0 Å². The van der Waals surface area contributed by atoms with Gasteiger partial charge in [0.05, 0.1) is 0 Å². The number of Topliss-reactive ketones (excluding diaryl/α,β-unsaturated/α-hetero) is 1. The second-order valence-corrected chi connectivity index (χ2v) is 7.36. The first-order valence-electron chi connectivity index (χ1n) is 9.13. The maximum absolute atomic E-state index is 12.7. The van der Waals surface area contributed by atoms with Crippen molar-refractivity contribution in [1.29, 1.82) is 0 Å². The Morgan fingerprint density at radius 3 is 2.29 bits per heavy atom. The van der Waals surface area contributed by atoms with Crippen LogP contribution in [0.15, 0.2) is 24.3 Å². The molecule has 24 heavy (non-hydrogen) atoms. The third-order valence-electron chi connectivity index (χ3n) is 5.64. The van der Waals surface area contributed by atoms with Crippen molar-refractivity contribution in [2.75, 3.05) is 33.2 Å². The molecular formula is C20H28N2O2. The maximum Gasteiger partial charge on any atom is 0.225 e. The number of nitrogens with zero attached hydrogens (tertiary/aromatic N) is 2. The van der Waals surface area contributed by atoms with Gasteiger partial charge in [-0.1, -0.05) is 18.2 Å². The molecule has 0 bridgehead atoms. The van der Waals surface area contributed by atoms with Crippen molar-refractivity contribution in [2.24, 2.45) is 5.92 Å². The molecule has 0 aliphatic carbocycles. The lowest BCUT2D eigenvalue weighted by Gasteiger charge is -2.36. The highest BCUT2D eigenvalue weighted by atomic mass is 16.2. The Kier molecular flexibility index (Phi) is 5.34. The van der Waals surface area contributed by atoms with Crippen LogP contribution in [0.2, 0.25) is 0 Å². The minimum Gasteiger partial charge on any atom is -0.342 e. The van der Waals surface area contributed by atoms with Crippen LogP contribution in [0.5, 0.6) is 0 Å². The Hall–Kier alpha value is -1.68. The smallest absolute Gasteiger partial charge is 0.225 e. The van der Waals surface area contributed by atoms with Crippen LogP contribution < -0.4 is 0 Å². The van der Waals surface area contributed by atoms with Crippen molar-refractivity contribution in [3.05, 3.63) is 35.4 Å². The van der Waals surface area contributed by atoms with Crippen LogP contribution in [-0.2, 0) is 4.79 Å². The zero-order valence-corrected chi connectivity index (χ0v) is 14.8. The van der Waals surface area contributed by atoms with E-state index < -0.39 is 0 Å². The van der Waals surface area contributed by atoms with Gasteiger partial charge in [-0.25, -0.2) is 0 Å². The summed E-state index contributed by atoms with van der Waals surface area (Å²) in [6.07, 6.45) is 3.99. The Labute approximate surface area is 144 Å². The van der Waals surface area contributed by atoms with Gasteiger partial charge in [0.1, 0.15) is 0 Å². The summed E-state index contributed by atoms with van der Waals surface area (Å²) in [4.78, 5) is 28.6. The third-order valence-corrected chi connectivity index (χ3v) is 5.64. The number of likely N-dealkylation sites (tertiary alicyclic amines) is 2. The molecule has 0 atom stereocenters. The average molecular weight is 328 g/mol. The number of piperidine rings is 2. The van der Waals surface area contributed by atoms with E-state index in [0.29, 0.717) is 11.8 Å². The van der Waals surface area contributed by atoms with E-state index in [-0.39, 0.29) is 11.7 Å². The standard InChI is InChI=1S/C20H28N2O2/c1-15(23)18-4-3-5-19(14-18)16-8-12-22(13-9-16)20(24)17-6-10-21(2)11-7-17/h3-5,14,16-17H,6-13H2,1-2H3. The van der Waals surface area contributed by atoms with E-state index in [2.05, 4.69) is 22.9 Å². The minimum absolute atomic E-state index is 0.117. The van der Waals surface area contributed by atoms with Crippen molar-refractivity contribution in [3.8, 4) is 0 Å². The summed E-state index contributed by atoms with van der Waals surface area (Å²) in [5.41, 5.74) is 2.03. The number of ketones is 1. The number of rotatable bonds is 3. The van der Waals surface area contributed by atoms with E-state index in [1.54, 1.807) is 6.92 Å². The van der Waals surface area contributed by atoms with Crippen LogP contribution in [-0.4, -0.2) is 54.7 Å². The molecule has 0 N–H and O–H groups in total. The second-order valence-electron chi connectivity index (χ2n) is 7.36. The van der Waals surface area contributed by atoms with E-state index in [1.807, 2.05) is 18.2 Å². The molecular weight excluding hydrogens is 300 g/mol. The highest BCUT2D eigenvalue weighted by Crippen LogP contribution is 2.30. The minimum atomic E-state index is 0.117. The normalized spacial score (nSPS) is 21.0. The molecule has 0 unspecified atom stereocenters. The fourth-order valence-electron chi connectivity index (χ4n) is 3.96. The summed E-state index contributed by atoms with van der Waals surface area (Å²) in [5.74, 6) is 1.16. The molecule has 130 valence electrons. The number of amides is 1. The first kappa shape index (κ1) is 17.2. The van der Waals surface area contributed by atoms with Crippen LogP contribution in [0, 0.1) is 5.92 Å². The van der Waals surface area contributed by atoms with Gasteiger partial charge >= 0.3 is 0 Å². The lowest BCUT2D eigenvalue weighted by atomic mass is 9.87. The van der Waals surface area contributed by atoms with Gasteiger partial charge in [-0.2, -0.15) is 0 Å². The van der Waals surface area contributed by atoms with Crippen LogP contribution in [0.3, 0.4) is 0 Å². The Morgan fingerprint density at radius 2 is 1.67 bits per heavy atom. The summed E-state index contributed by atoms with van der Waals surface area (Å²) < 4.78 is 0. The molecule has 1 amide bonds. The van der Waals surface area contributed by atoms with Gasteiger partial charge in [-0.15, -0.1) is 0 Å². The Balaban J connectivity index is 1.56. The van der Waals surface area contributed by atoms with Gasteiger partial charge in [0, 0.05) is 24.6 Å². The molecule has 1 aromatic carbocycles. The van der Waals surface area contributed by atoms with Crippen LogP contribution in [0.4, 0.5) is 0 Å². The van der Waals surface area contributed by atoms with E-state index in [9.17, 15) is 9.59 Å². The summed E-state index contributed by atoms with van der Waals surface area (Å²) in [5, 5.41) is 0. The monoisotopic (exact) mass is 328 g/mol. The molecule has 0 aromatic heterocycles. The van der Waals surface area contributed by atoms with Crippen molar-refractivity contribution in [3.63, 3.8) is 0 Å². The van der Waals surface area contributed by atoms with Crippen molar-refractivity contribution in [1.82, 2.24) is 9.80 Å². The first-order valence-corrected chi connectivity index (χ1v) is 9.13. The zero-order valence-electron chi connectivity index (χ0n) is 14.8. The van der Waals surface area contributed by atoms with E-state index in [1.165, 1.54) is 5.56 Å². The van der Waals surface area contributed by atoms with Gasteiger partial charge in [-0.05, 0) is 70.3 Å². The molecule has 2 aliphatic rings. The molecule has 3 rings (SSSR count). The van der Waals surface area contributed by atoms with E-state index in [0.717, 1.165) is 57.4 Å². The fourth-order valence-corrected chi connectivity index (χ4v) is 3.96. The van der Waals surface area contributed by atoms with Crippen LogP contribution >= 0.6 is 0 Å². The van der Waals surface area contributed by atoms with Gasteiger partial charge in [0.2, 0.25) is 5.91 Å². The second kappa shape index (κ2) is 7.47. The Morgan fingerprint density at radius 1 is 1.00 bits per heavy atom. The first-order chi connectivity index (χ1) is 11.5. The summed E-state index contributed by atoms with van der Waals surface area (Å²) >= 11 is 0. The number of benzene rings is 1. The Bertz CT molecular complexity index is 597. The lowest BCUT2D eigenvalue weighted by Crippen LogP contribution is -2.44. The lowest BCUT2D eigenvalue weighted by molar-refractivity contribution is -0.138. The molecule has 2 fully saturated rings. The predicted octanol–water partition coefficient (Wildman–Crippen LogP) is 2.94. The molecule has 0 radical (unpaired) electrons. The molecule has 4 nitrogen and oxygen atoms in total. The predicted molar refractivity (Wildman–Crippen MR) is 95.2 cm³/mol. The van der Waals surface area contributed by atoms with Gasteiger partial charge in [0.25, 0.3) is 0 Å². The number of hydrogen-bond acceptors (Lipinski definition) is 3. The summed E-state index contributed by atoms with van der Waals surface area (Å²) in [6, 6.07) is 8.00.